The van der Waals surface area contributed by atoms with Crippen LogP contribution in [0.3, 0.4) is 0 Å². The monoisotopic (exact) mass is 273 g/mol. The molecule has 0 saturated carbocycles. The Morgan fingerprint density at radius 1 is 1.43 bits per heavy atom. The van der Waals surface area contributed by atoms with Crippen molar-refractivity contribution in [3.63, 3.8) is 0 Å². The summed E-state index contributed by atoms with van der Waals surface area (Å²) in [5, 5.41) is 0. The van der Waals surface area contributed by atoms with Crippen molar-refractivity contribution in [2.24, 2.45) is 0 Å². The van der Waals surface area contributed by atoms with Crippen LogP contribution in [0.2, 0.25) is 0 Å². The molecule has 0 aliphatic heterocycles. The lowest BCUT2D eigenvalue weighted by Crippen LogP contribution is -1.81. The summed E-state index contributed by atoms with van der Waals surface area (Å²) in [5.41, 5.74) is 1.54. The lowest BCUT2D eigenvalue weighted by atomic mass is 10.2. The Bertz CT molecular complexity index is 520. The van der Waals surface area contributed by atoms with Crippen molar-refractivity contribution in [3.05, 3.63) is 39.6 Å². The van der Waals surface area contributed by atoms with E-state index in [1.807, 2.05) is 0 Å². The zero-order chi connectivity index (χ0) is 10.1. The first-order valence-corrected chi connectivity index (χ1v) is 5.00. The van der Waals surface area contributed by atoms with E-state index in [-0.39, 0.29) is 5.82 Å². The minimum atomic E-state index is -0.289. The average molecular weight is 274 g/mol. The molecule has 2 rings (SSSR count). The number of hydrogen-bond acceptors (Lipinski definition) is 2. The molecule has 72 valence electrons. The third-order valence-electron chi connectivity index (χ3n) is 1.74. The number of aromatic nitrogens is 1. The van der Waals surface area contributed by atoms with Gasteiger partial charge in [0.1, 0.15) is 12.1 Å². The molecule has 0 atom stereocenters. The molecule has 0 saturated heterocycles. The molecule has 0 spiro atoms. The Morgan fingerprint density at radius 3 is 2.79 bits per heavy atom. The number of benzene rings is 1. The van der Waals surface area contributed by atoms with Crippen LogP contribution < -0.4 is 0 Å². The number of rotatable bonds is 1. The fourth-order valence-corrected chi connectivity index (χ4v) is 1.84. The van der Waals surface area contributed by atoms with Crippen molar-refractivity contribution < 1.29 is 8.81 Å². The van der Waals surface area contributed by atoms with E-state index in [0.717, 1.165) is 11.3 Å². The quantitative estimate of drug-likeness (QED) is 0.799. The third-order valence-corrected chi connectivity index (χ3v) is 2.60. The first-order chi connectivity index (χ1) is 6.66. The van der Waals surface area contributed by atoms with E-state index in [2.05, 4.69) is 20.9 Å². The van der Waals surface area contributed by atoms with Crippen LogP contribution in [0.1, 0.15) is 0 Å². The van der Waals surface area contributed by atoms with Crippen molar-refractivity contribution in [3.8, 4) is 11.3 Å². The van der Waals surface area contributed by atoms with E-state index < -0.39 is 0 Å². The van der Waals surface area contributed by atoms with Crippen molar-refractivity contribution in [1.29, 1.82) is 0 Å². The van der Waals surface area contributed by atoms with Crippen molar-refractivity contribution in [2.75, 3.05) is 0 Å². The van der Waals surface area contributed by atoms with Crippen LogP contribution in [0.25, 0.3) is 11.3 Å². The zero-order valence-corrected chi connectivity index (χ0v) is 9.28. The van der Waals surface area contributed by atoms with Gasteiger partial charge in [0.25, 0.3) is 4.84 Å². The standard InChI is InChI=1S/C9H5BrFNOS/c10-7-3-5(11)1-2-6(7)8-4-13-9(14)12-8/h1-4H,(H,12,14). The Balaban J connectivity index is 2.57. The second kappa shape index (κ2) is 3.67. The maximum absolute atomic E-state index is 12.8. The van der Waals surface area contributed by atoms with E-state index in [0.29, 0.717) is 9.31 Å². The van der Waals surface area contributed by atoms with Crippen LogP contribution in [-0.4, -0.2) is 4.98 Å². The van der Waals surface area contributed by atoms with E-state index in [9.17, 15) is 4.39 Å². The SMILES string of the molecule is Fc1ccc(-c2coc(=S)[nH]2)c(Br)c1. The van der Waals surface area contributed by atoms with Crippen LogP contribution in [0.15, 0.2) is 33.4 Å². The van der Waals surface area contributed by atoms with Crippen LogP contribution in [-0.2, 0) is 0 Å². The van der Waals surface area contributed by atoms with E-state index in [1.54, 1.807) is 6.07 Å². The molecule has 0 unspecified atom stereocenters. The molecule has 1 aromatic carbocycles. The van der Waals surface area contributed by atoms with Crippen LogP contribution in [0.4, 0.5) is 4.39 Å². The topological polar surface area (TPSA) is 28.9 Å². The fraction of sp³-hybridized carbons (Fsp3) is 0. The van der Waals surface area contributed by atoms with Gasteiger partial charge in [0.05, 0.1) is 5.69 Å². The number of hydrogen-bond donors (Lipinski definition) is 1. The summed E-state index contributed by atoms with van der Waals surface area (Å²) in [4.78, 5) is 3.15. The largest absolute Gasteiger partial charge is 0.437 e. The van der Waals surface area contributed by atoms with Crippen molar-refractivity contribution in [1.82, 2.24) is 4.98 Å². The lowest BCUT2D eigenvalue weighted by molar-refractivity contribution is 0.541. The molecule has 0 bridgehead atoms. The molecule has 1 heterocycles. The summed E-state index contributed by atoms with van der Waals surface area (Å²) >= 11 is 8.05. The average Bonchev–Trinajstić information content (AvgIpc) is 2.51. The smallest absolute Gasteiger partial charge is 0.266 e. The van der Waals surface area contributed by atoms with E-state index >= 15 is 0 Å². The molecule has 0 aliphatic rings. The Hall–Kier alpha value is -0.940. The summed E-state index contributed by atoms with van der Waals surface area (Å²) < 4.78 is 18.4. The van der Waals surface area contributed by atoms with Gasteiger partial charge in [-0.2, -0.15) is 0 Å². The van der Waals surface area contributed by atoms with Gasteiger partial charge in [0.15, 0.2) is 0 Å². The first kappa shape index (κ1) is 9.61. The van der Waals surface area contributed by atoms with Gasteiger partial charge >= 0.3 is 0 Å². The fourth-order valence-electron chi connectivity index (χ4n) is 1.12. The van der Waals surface area contributed by atoms with Gasteiger partial charge < -0.3 is 9.40 Å². The molecule has 0 amide bonds. The van der Waals surface area contributed by atoms with Crippen LogP contribution in [0, 0.1) is 10.7 Å². The van der Waals surface area contributed by atoms with E-state index in [4.69, 9.17) is 16.6 Å². The summed E-state index contributed by atoms with van der Waals surface area (Å²) in [7, 11) is 0. The highest BCUT2D eigenvalue weighted by Crippen LogP contribution is 2.27. The molecule has 0 aliphatic carbocycles. The van der Waals surface area contributed by atoms with Gasteiger partial charge in [-0.15, -0.1) is 0 Å². The molecule has 2 nitrogen and oxygen atoms in total. The van der Waals surface area contributed by atoms with Crippen LogP contribution in [0.5, 0.6) is 0 Å². The number of nitrogens with one attached hydrogen (secondary N) is 1. The van der Waals surface area contributed by atoms with Gasteiger partial charge in [-0.1, -0.05) is 0 Å². The molecule has 0 fully saturated rings. The maximum Gasteiger partial charge on any atom is 0.266 e. The molecular weight excluding hydrogens is 269 g/mol. The van der Waals surface area contributed by atoms with Crippen LogP contribution >= 0.6 is 28.1 Å². The molecule has 14 heavy (non-hydrogen) atoms. The predicted octanol–water partition coefficient (Wildman–Crippen LogP) is 3.91. The molecule has 5 heteroatoms. The molecule has 1 aromatic heterocycles. The molecular formula is C9H5BrFNOS. The molecule has 0 radical (unpaired) electrons. The first-order valence-electron chi connectivity index (χ1n) is 3.80. The number of H-pyrrole nitrogens is 1. The van der Waals surface area contributed by atoms with Gasteiger partial charge in [0, 0.05) is 10.0 Å². The summed E-state index contributed by atoms with van der Waals surface area (Å²) in [6, 6.07) is 4.42. The lowest BCUT2D eigenvalue weighted by Gasteiger charge is -1.99. The minimum Gasteiger partial charge on any atom is -0.437 e. The number of oxazole rings is 1. The summed E-state index contributed by atoms with van der Waals surface area (Å²) in [6.07, 6.45) is 1.50. The summed E-state index contributed by atoms with van der Waals surface area (Å²) in [6.45, 7) is 0. The van der Waals surface area contributed by atoms with Gasteiger partial charge in [-0.25, -0.2) is 4.39 Å². The Morgan fingerprint density at radius 2 is 2.21 bits per heavy atom. The highest BCUT2D eigenvalue weighted by molar-refractivity contribution is 9.10. The van der Waals surface area contributed by atoms with E-state index in [1.165, 1.54) is 18.4 Å². The molecule has 1 N–H and O–H groups in total. The number of aromatic amines is 1. The Labute approximate surface area is 92.9 Å². The normalized spacial score (nSPS) is 10.4. The highest BCUT2D eigenvalue weighted by atomic mass is 79.9. The highest BCUT2D eigenvalue weighted by Gasteiger charge is 2.05. The summed E-state index contributed by atoms with van der Waals surface area (Å²) in [5.74, 6) is -0.289. The van der Waals surface area contributed by atoms with Crippen molar-refractivity contribution >= 4 is 28.1 Å². The van der Waals surface area contributed by atoms with Gasteiger partial charge in [-0.05, 0) is 46.3 Å². The minimum absolute atomic E-state index is 0.289. The maximum atomic E-state index is 12.8. The van der Waals surface area contributed by atoms with Gasteiger partial charge in [0.2, 0.25) is 0 Å². The number of halogens is 2. The second-order valence-corrected chi connectivity index (χ2v) is 3.91. The molecule has 2 aromatic rings. The van der Waals surface area contributed by atoms with Crippen molar-refractivity contribution in [2.45, 2.75) is 0 Å². The Kier molecular flexibility index (Phi) is 2.52. The van der Waals surface area contributed by atoms with Gasteiger partial charge in [-0.3, -0.25) is 0 Å². The third kappa shape index (κ3) is 1.78. The predicted molar refractivity (Wildman–Crippen MR) is 57.0 cm³/mol. The zero-order valence-electron chi connectivity index (χ0n) is 6.88. The second-order valence-electron chi connectivity index (χ2n) is 2.69.